The first-order chi connectivity index (χ1) is 16.4. The van der Waals surface area contributed by atoms with E-state index in [1.165, 1.54) is 0 Å². The Hall–Kier alpha value is -3.61. The number of benzene rings is 3. The molecule has 2 aliphatic heterocycles. The number of hydrogen-bond donors (Lipinski definition) is 0. The van der Waals surface area contributed by atoms with Crippen molar-refractivity contribution in [1.29, 1.82) is 0 Å². The lowest BCUT2D eigenvalue weighted by atomic mass is 9.77. The quantitative estimate of drug-likeness (QED) is 0.410. The van der Waals surface area contributed by atoms with Crippen molar-refractivity contribution in [3.63, 3.8) is 0 Å². The molecule has 0 N–H and O–H groups in total. The lowest BCUT2D eigenvalue weighted by Gasteiger charge is -2.27. The van der Waals surface area contributed by atoms with Crippen molar-refractivity contribution in [1.82, 2.24) is 0 Å². The number of ether oxygens (including phenoxy) is 1. The van der Waals surface area contributed by atoms with Crippen molar-refractivity contribution in [3.8, 4) is 0 Å². The number of imide groups is 1. The summed E-state index contributed by atoms with van der Waals surface area (Å²) < 4.78 is 6.24. The molecule has 2 saturated heterocycles. The molecule has 6 nitrogen and oxygen atoms in total. The van der Waals surface area contributed by atoms with E-state index in [1.54, 1.807) is 72.8 Å². The second kappa shape index (κ2) is 7.19. The van der Waals surface area contributed by atoms with E-state index < -0.39 is 46.9 Å². The molecule has 2 heterocycles. The van der Waals surface area contributed by atoms with Crippen LogP contribution in [0, 0.1) is 18.8 Å². The summed E-state index contributed by atoms with van der Waals surface area (Å²) >= 11 is 6.45. The second-order valence-electron chi connectivity index (χ2n) is 8.85. The Kier molecular flexibility index (Phi) is 4.43. The van der Waals surface area contributed by atoms with E-state index in [1.807, 2.05) is 6.92 Å². The molecular weight excluding hydrogens is 454 g/mol. The van der Waals surface area contributed by atoms with Gasteiger partial charge in [0, 0.05) is 21.7 Å². The third kappa shape index (κ3) is 2.55. The molecule has 3 unspecified atom stereocenters. The summed E-state index contributed by atoms with van der Waals surface area (Å²) in [6, 6.07) is 20.1. The van der Waals surface area contributed by atoms with E-state index in [2.05, 4.69) is 0 Å². The summed E-state index contributed by atoms with van der Waals surface area (Å²) in [5, 5.41) is 0.327. The summed E-state index contributed by atoms with van der Waals surface area (Å²) in [6.45, 7) is 1.90. The molecular formula is C27H18ClNO5. The zero-order valence-electron chi connectivity index (χ0n) is 18.0. The van der Waals surface area contributed by atoms with Gasteiger partial charge >= 0.3 is 0 Å². The number of nitrogens with zero attached hydrogens (tertiary/aromatic N) is 1. The molecule has 0 bridgehead atoms. The third-order valence-electron chi connectivity index (χ3n) is 7.02. The number of anilines is 1. The Bertz CT molecular complexity index is 1380. The zero-order chi connectivity index (χ0) is 23.8. The Labute approximate surface area is 200 Å². The van der Waals surface area contributed by atoms with Gasteiger partial charge < -0.3 is 4.74 Å². The number of amides is 2. The van der Waals surface area contributed by atoms with Crippen LogP contribution in [0.3, 0.4) is 0 Å². The van der Waals surface area contributed by atoms with Crippen molar-refractivity contribution in [2.45, 2.75) is 18.6 Å². The van der Waals surface area contributed by atoms with Gasteiger partial charge in [-0.25, -0.2) is 4.90 Å². The van der Waals surface area contributed by atoms with Gasteiger partial charge in [-0.2, -0.15) is 0 Å². The van der Waals surface area contributed by atoms with Crippen molar-refractivity contribution < 1.29 is 23.9 Å². The number of carbonyl (C=O) groups is 4. The molecule has 2 fully saturated rings. The van der Waals surface area contributed by atoms with Crippen molar-refractivity contribution in [2.75, 3.05) is 4.90 Å². The predicted molar refractivity (Wildman–Crippen MR) is 124 cm³/mol. The van der Waals surface area contributed by atoms with Gasteiger partial charge in [-0.1, -0.05) is 71.8 Å². The molecule has 1 aliphatic carbocycles. The van der Waals surface area contributed by atoms with Crippen LogP contribution in [0.2, 0.25) is 5.02 Å². The number of aryl methyl sites for hydroxylation is 1. The molecule has 168 valence electrons. The number of ketones is 2. The SMILES string of the molecule is Cc1ccc(N2C(=O)C3C(c4ccccc4Cl)OC4(C(=O)c5ccccc5C4=O)C3C2=O)cc1. The largest absolute Gasteiger partial charge is 0.349 e. The normalized spacial score (nSPS) is 24.8. The van der Waals surface area contributed by atoms with Crippen LogP contribution in [0.5, 0.6) is 0 Å². The summed E-state index contributed by atoms with van der Waals surface area (Å²) in [5.41, 5.74) is 0.0937. The van der Waals surface area contributed by atoms with Gasteiger partial charge in [0.15, 0.2) is 0 Å². The van der Waals surface area contributed by atoms with E-state index in [4.69, 9.17) is 16.3 Å². The van der Waals surface area contributed by atoms with Gasteiger partial charge in [0.25, 0.3) is 0 Å². The van der Waals surface area contributed by atoms with Crippen LogP contribution in [0.15, 0.2) is 72.8 Å². The summed E-state index contributed by atoms with van der Waals surface area (Å²) in [7, 11) is 0. The molecule has 2 amide bonds. The fourth-order valence-electron chi connectivity index (χ4n) is 5.45. The van der Waals surface area contributed by atoms with Gasteiger partial charge in [-0.3, -0.25) is 19.2 Å². The second-order valence-corrected chi connectivity index (χ2v) is 9.26. The van der Waals surface area contributed by atoms with Crippen molar-refractivity contribution in [3.05, 3.63) is 100 Å². The van der Waals surface area contributed by atoms with Crippen LogP contribution < -0.4 is 4.90 Å². The summed E-state index contributed by atoms with van der Waals surface area (Å²) in [6.07, 6.45) is -1.03. The van der Waals surface area contributed by atoms with Gasteiger partial charge in [0.05, 0.1) is 23.6 Å². The summed E-state index contributed by atoms with van der Waals surface area (Å²) in [5.74, 6) is -4.69. The highest BCUT2D eigenvalue weighted by Gasteiger charge is 2.74. The first-order valence-electron chi connectivity index (χ1n) is 10.9. The molecule has 6 rings (SSSR count). The topological polar surface area (TPSA) is 80.8 Å². The number of hydrogen-bond acceptors (Lipinski definition) is 5. The molecule has 0 aromatic heterocycles. The van der Waals surface area contributed by atoms with Crippen LogP contribution >= 0.6 is 11.6 Å². The van der Waals surface area contributed by atoms with Crippen LogP contribution in [0.1, 0.15) is 37.9 Å². The van der Waals surface area contributed by atoms with Crippen molar-refractivity contribution in [2.24, 2.45) is 11.8 Å². The van der Waals surface area contributed by atoms with Gasteiger partial charge in [-0.05, 0) is 25.1 Å². The number of Topliss-reactive ketones (excluding diaryl/α,β-unsaturated/α-hetero) is 2. The molecule has 3 aliphatic rings. The fraction of sp³-hybridized carbons (Fsp3) is 0.185. The lowest BCUT2D eigenvalue weighted by molar-refractivity contribution is -0.127. The third-order valence-corrected chi connectivity index (χ3v) is 7.37. The Morgan fingerprint density at radius 2 is 1.38 bits per heavy atom. The molecule has 3 aromatic carbocycles. The Morgan fingerprint density at radius 1 is 0.794 bits per heavy atom. The van der Waals surface area contributed by atoms with E-state index in [9.17, 15) is 19.2 Å². The molecule has 0 radical (unpaired) electrons. The molecule has 3 aromatic rings. The fourth-order valence-corrected chi connectivity index (χ4v) is 5.70. The van der Waals surface area contributed by atoms with Crippen molar-refractivity contribution >= 4 is 40.7 Å². The minimum Gasteiger partial charge on any atom is -0.349 e. The highest BCUT2D eigenvalue weighted by molar-refractivity contribution is 6.37. The average Bonchev–Trinajstić information content (AvgIpc) is 3.40. The Balaban J connectivity index is 1.56. The van der Waals surface area contributed by atoms with E-state index >= 15 is 0 Å². The minimum absolute atomic E-state index is 0.195. The summed E-state index contributed by atoms with van der Waals surface area (Å²) in [4.78, 5) is 56.1. The Morgan fingerprint density at radius 3 is 2.00 bits per heavy atom. The van der Waals surface area contributed by atoms with Gasteiger partial charge in [0.2, 0.25) is 29.0 Å². The minimum atomic E-state index is -2.11. The molecule has 7 heteroatoms. The standard InChI is InChI=1S/C27H18ClNO5/c1-14-10-12-15(13-11-14)29-25(32)20-21(26(29)33)27(34-22(20)18-8-4-5-9-19(18)28)23(30)16-6-2-3-7-17(16)24(27)31/h2-13,20-22H,1H3. The van der Waals surface area contributed by atoms with Crippen LogP contribution in [-0.4, -0.2) is 29.0 Å². The highest BCUT2D eigenvalue weighted by atomic mass is 35.5. The van der Waals surface area contributed by atoms with E-state index in [0.717, 1.165) is 10.5 Å². The predicted octanol–water partition coefficient (Wildman–Crippen LogP) is 4.34. The number of carbonyl (C=O) groups excluding carboxylic acids is 4. The molecule has 1 spiro atoms. The van der Waals surface area contributed by atoms with Crippen LogP contribution in [0.25, 0.3) is 0 Å². The van der Waals surface area contributed by atoms with Gasteiger partial charge in [0.1, 0.15) is 0 Å². The van der Waals surface area contributed by atoms with Crippen LogP contribution in [-0.2, 0) is 14.3 Å². The van der Waals surface area contributed by atoms with Crippen LogP contribution in [0.4, 0.5) is 5.69 Å². The first-order valence-corrected chi connectivity index (χ1v) is 11.3. The monoisotopic (exact) mass is 471 g/mol. The number of halogens is 1. The maximum Gasteiger partial charge on any atom is 0.241 e. The lowest BCUT2D eigenvalue weighted by Crippen LogP contribution is -2.51. The van der Waals surface area contributed by atoms with Gasteiger partial charge in [-0.15, -0.1) is 0 Å². The number of rotatable bonds is 2. The van der Waals surface area contributed by atoms with E-state index in [-0.39, 0.29) is 11.1 Å². The average molecular weight is 472 g/mol. The van der Waals surface area contributed by atoms with E-state index in [0.29, 0.717) is 16.3 Å². The number of fused-ring (bicyclic) bond motifs is 3. The molecule has 3 atom stereocenters. The molecule has 34 heavy (non-hydrogen) atoms. The zero-order valence-corrected chi connectivity index (χ0v) is 18.8. The maximum atomic E-state index is 13.8. The first kappa shape index (κ1) is 21.0. The highest BCUT2D eigenvalue weighted by Crippen LogP contribution is 2.58. The smallest absolute Gasteiger partial charge is 0.241 e. The maximum absolute atomic E-state index is 13.8. The molecule has 0 saturated carbocycles.